The van der Waals surface area contributed by atoms with Gasteiger partial charge in [-0.05, 0) is 38.5 Å². The van der Waals surface area contributed by atoms with Crippen LogP contribution in [0, 0.1) is 0 Å². The number of ether oxygens (including phenoxy) is 2. The monoisotopic (exact) mass is 548 g/mol. The first kappa shape index (κ1) is 35.8. The Balaban J connectivity index is 4.09. The first-order valence-electron chi connectivity index (χ1n) is 14.5. The van der Waals surface area contributed by atoms with Gasteiger partial charge in [0.2, 0.25) is 0 Å². The average Bonchev–Trinajstić information content (AvgIpc) is 2.85. The van der Waals surface area contributed by atoms with Crippen molar-refractivity contribution in [1.29, 1.82) is 0 Å². The van der Waals surface area contributed by atoms with Crippen molar-refractivity contribution in [2.75, 3.05) is 13.2 Å². The molecule has 0 aliphatic carbocycles. The van der Waals surface area contributed by atoms with Crippen molar-refractivity contribution in [3.63, 3.8) is 0 Å². The molecule has 9 heteroatoms. The summed E-state index contributed by atoms with van der Waals surface area (Å²) in [5, 5.41) is 0. The summed E-state index contributed by atoms with van der Waals surface area (Å²) in [6.45, 7) is 3.56. The Morgan fingerprint density at radius 2 is 1.14 bits per heavy atom. The third-order valence-electron chi connectivity index (χ3n) is 6.03. The molecule has 0 amide bonds. The third-order valence-corrected chi connectivity index (χ3v) is 6.52. The second-order valence-corrected chi connectivity index (χ2v) is 11.0. The Bertz CT molecular complexity index is 632. The average molecular weight is 549 g/mol. The van der Waals surface area contributed by atoms with Crippen molar-refractivity contribution in [2.45, 2.75) is 142 Å². The zero-order chi connectivity index (χ0) is 27.6. The number of hydrogen-bond donors (Lipinski definition) is 2. The molecule has 218 valence electrons. The molecule has 2 N–H and O–H groups in total. The number of carbonyl (C=O) groups excluding carboxylic acids is 2. The van der Waals surface area contributed by atoms with Crippen LogP contribution in [0.4, 0.5) is 0 Å². The summed E-state index contributed by atoms with van der Waals surface area (Å²) in [5.41, 5.74) is 0. The zero-order valence-corrected chi connectivity index (χ0v) is 24.3. The fourth-order valence-corrected chi connectivity index (χ4v) is 4.20. The summed E-state index contributed by atoms with van der Waals surface area (Å²) >= 11 is 0. The minimum Gasteiger partial charge on any atom is -0.462 e. The highest BCUT2D eigenvalue weighted by Gasteiger charge is 2.22. The van der Waals surface area contributed by atoms with Crippen molar-refractivity contribution < 1.29 is 37.9 Å². The molecule has 0 rings (SSSR count). The molecule has 0 aromatic rings. The lowest BCUT2D eigenvalue weighted by atomic mass is 10.1. The summed E-state index contributed by atoms with van der Waals surface area (Å²) in [6, 6.07) is 0. The van der Waals surface area contributed by atoms with E-state index < -0.39 is 32.5 Å². The number of carbonyl (C=O) groups is 2. The molecule has 0 aromatic carbocycles. The highest BCUT2D eigenvalue weighted by molar-refractivity contribution is 7.46. The Labute approximate surface area is 225 Å². The topological polar surface area (TPSA) is 119 Å². The van der Waals surface area contributed by atoms with Gasteiger partial charge in [0.05, 0.1) is 6.61 Å². The van der Waals surface area contributed by atoms with E-state index in [9.17, 15) is 14.2 Å². The number of rotatable bonds is 26. The predicted molar refractivity (Wildman–Crippen MR) is 147 cm³/mol. The summed E-state index contributed by atoms with van der Waals surface area (Å²) in [4.78, 5) is 42.1. The molecule has 0 fully saturated rings. The van der Waals surface area contributed by atoms with Gasteiger partial charge in [-0.25, -0.2) is 4.57 Å². The van der Waals surface area contributed by atoms with Crippen LogP contribution in [0.2, 0.25) is 0 Å². The van der Waals surface area contributed by atoms with Gasteiger partial charge in [0.1, 0.15) is 6.61 Å². The van der Waals surface area contributed by atoms with Crippen LogP contribution in [0.15, 0.2) is 12.2 Å². The molecule has 0 aromatic heterocycles. The molecule has 0 heterocycles. The number of hydrogen-bond acceptors (Lipinski definition) is 6. The van der Waals surface area contributed by atoms with Gasteiger partial charge in [-0.15, -0.1) is 0 Å². The third kappa shape index (κ3) is 27.6. The van der Waals surface area contributed by atoms with Crippen LogP contribution in [0.5, 0.6) is 0 Å². The zero-order valence-electron chi connectivity index (χ0n) is 23.4. The van der Waals surface area contributed by atoms with E-state index in [2.05, 4.69) is 30.5 Å². The Hall–Kier alpha value is -1.21. The van der Waals surface area contributed by atoms with E-state index in [1.807, 2.05) is 0 Å². The maximum atomic E-state index is 12.2. The SMILES string of the molecule is CCCCC/C=C\CCCCCCCC(=O)OC(COC(=O)CCCCCCCCC)COP(=O)(O)O. The van der Waals surface area contributed by atoms with Gasteiger partial charge < -0.3 is 19.3 Å². The van der Waals surface area contributed by atoms with E-state index in [1.54, 1.807) is 0 Å². The highest BCUT2D eigenvalue weighted by Crippen LogP contribution is 2.35. The van der Waals surface area contributed by atoms with E-state index in [0.29, 0.717) is 6.42 Å². The molecule has 0 aliphatic rings. The lowest BCUT2D eigenvalue weighted by Gasteiger charge is -2.18. The maximum Gasteiger partial charge on any atom is 0.469 e. The minimum atomic E-state index is -4.73. The molecule has 37 heavy (non-hydrogen) atoms. The summed E-state index contributed by atoms with van der Waals surface area (Å²) in [7, 11) is -4.73. The normalized spacial score (nSPS) is 12.6. The fraction of sp³-hybridized carbons (Fsp3) is 0.857. The molecule has 0 saturated heterocycles. The number of phosphoric acid groups is 1. The van der Waals surface area contributed by atoms with Crippen LogP contribution in [0.1, 0.15) is 136 Å². The van der Waals surface area contributed by atoms with Crippen LogP contribution in [0.3, 0.4) is 0 Å². The Kier molecular flexibility index (Phi) is 24.3. The second-order valence-electron chi connectivity index (χ2n) is 9.73. The lowest BCUT2D eigenvalue weighted by Crippen LogP contribution is -2.29. The smallest absolute Gasteiger partial charge is 0.462 e. The summed E-state index contributed by atoms with van der Waals surface area (Å²) < 4.78 is 26.0. The fourth-order valence-electron chi connectivity index (χ4n) is 3.84. The second kappa shape index (κ2) is 25.1. The van der Waals surface area contributed by atoms with Gasteiger partial charge in [-0.1, -0.05) is 96.6 Å². The first-order chi connectivity index (χ1) is 17.8. The number of phosphoric ester groups is 1. The first-order valence-corrected chi connectivity index (χ1v) is 16.0. The quantitative estimate of drug-likeness (QED) is 0.0492. The standard InChI is InChI=1S/C28H53O8P/c1-3-5-7-9-11-12-13-14-15-17-19-21-23-28(30)36-26(25-35-37(31,32)33)24-34-27(29)22-20-18-16-10-8-6-4-2/h11-12,26H,3-10,13-25H2,1-2H3,(H2,31,32,33)/b12-11-. The van der Waals surface area contributed by atoms with Gasteiger partial charge in [0.25, 0.3) is 0 Å². The lowest BCUT2D eigenvalue weighted by molar-refractivity contribution is -0.161. The van der Waals surface area contributed by atoms with Crippen LogP contribution in [-0.4, -0.2) is 41.0 Å². The molecule has 0 spiro atoms. The molecular formula is C28H53O8P. The largest absolute Gasteiger partial charge is 0.469 e. The molecule has 1 atom stereocenters. The number of esters is 2. The predicted octanol–water partition coefficient (Wildman–Crippen LogP) is 7.56. The van der Waals surface area contributed by atoms with Crippen molar-refractivity contribution >= 4 is 19.8 Å². The molecule has 1 unspecified atom stereocenters. The van der Waals surface area contributed by atoms with Crippen molar-refractivity contribution in [3.8, 4) is 0 Å². The number of unbranched alkanes of at least 4 members (excludes halogenated alkanes) is 14. The van der Waals surface area contributed by atoms with Gasteiger partial charge in [0, 0.05) is 12.8 Å². The van der Waals surface area contributed by atoms with Crippen LogP contribution >= 0.6 is 7.82 Å². The molecule has 0 bridgehead atoms. The van der Waals surface area contributed by atoms with Crippen molar-refractivity contribution in [1.82, 2.24) is 0 Å². The molecular weight excluding hydrogens is 495 g/mol. The van der Waals surface area contributed by atoms with E-state index in [-0.39, 0.29) is 19.4 Å². The highest BCUT2D eigenvalue weighted by atomic mass is 31.2. The Morgan fingerprint density at radius 1 is 0.676 bits per heavy atom. The molecule has 0 radical (unpaired) electrons. The van der Waals surface area contributed by atoms with E-state index in [0.717, 1.165) is 64.2 Å². The van der Waals surface area contributed by atoms with E-state index >= 15 is 0 Å². The maximum absolute atomic E-state index is 12.2. The molecule has 0 saturated carbocycles. The minimum absolute atomic E-state index is 0.204. The summed E-state index contributed by atoms with van der Waals surface area (Å²) in [5.74, 6) is -0.904. The number of allylic oxidation sites excluding steroid dienone is 2. The molecule has 0 aliphatic heterocycles. The van der Waals surface area contributed by atoms with Crippen LogP contribution < -0.4 is 0 Å². The molecule has 8 nitrogen and oxygen atoms in total. The van der Waals surface area contributed by atoms with Crippen molar-refractivity contribution in [2.24, 2.45) is 0 Å². The van der Waals surface area contributed by atoms with Crippen molar-refractivity contribution in [3.05, 3.63) is 12.2 Å². The van der Waals surface area contributed by atoms with Gasteiger partial charge in [-0.3, -0.25) is 14.1 Å². The van der Waals surface area contributed by atoms with Gasteiger partial charge in [-0.2, -0.15) is 0 Å². The Morgan fingerprint density at radius 3 is 1.70 bits per heavy atom. The van der Waals surface area contributed by atoms with Gasteiger partial charge >= 0.3 is 19.8 Å². The van der Waals surface area contributed by atoms with Gasteiger partial charge in [0.15, 0.2) is 6.10 Å². The summed E-state index contributed by atoms with van der Waals surface area (Å²) in [6.07, 6.45) is 22.4. The van der Waals surface area contributed by atoms with Crippen LogP contribution in [-0.2, 0) is 28.2 Å². The van der Waals surface area contributed by atoms with Crippen LogP contribution in [0.25, 0.3) is 0 Å². The van der Waals surface area contributed by atoms with E-state index in [4.69, 9.17) is 19.3 Å². The van der Waals surface area contributed by atoms with E-state index in [1.165, 1.54) is 38.5 Å².